The van der Waals surface area contributed by atoms with E-state index in [1.54, 1.807) is 12.1 Å². The number of anilines is 1. The molecule has 0 saturated heterocycles. The van der Waals surface area contributed by atoms with Crippen molar-refractivity contribution in [3.8, 4) is 11.1 Å². The predicted molar refractivity (Wildman–Crippen MR) is 98.5 cm³/mol. The van der Waals surface area contributed by atoms with Gasteiger partial charge in [-0.3, -0.25) is 4.79 Å². The summed E-state index contributed by atoms with van der Waals surface area (Å²) >= 11 is 1.36. The van der Waals surface area contributed by atoms with E-state index in [0.29, 0.717) is 5.13 Å². The molecule has 2 aromatic carbocycles. The quantitative estimate of drug-likeness (QED) is 0.714. The van der Waals surface area contributed by atoms with Gasteiger partial charge >= 0.3 is 0 Å². The topological polar surface area (TPSA) is 96.4 Å². The van der Waals surface area contributed by atoms with Gasteiger partial charge in [0.15, 0.2) is 15.0 Å². The Bertz CT molecular complexity index is 1040. The van der Waals surface area contributed by atoms with Crippen LogP contribution >= 0.6 is 11.3 Å². The van der Waals surface area contributed by atoms with Gasteiger partial charge in [0.2, 0.25) is 5.91 Å². The molecule has 0 spiro atoms. The molecule has 1 amide bonds. The fourth-order valence-electron chi connectivity index (χ4n) is 2.42. The molecule has 0 bridgehead atoms. The second-order valence-corrected chi connectivity index (χ2v) is 8.59. The first-order chi connectivity index (χ1) is 11.9. The summed E-state index contributed by atoms with van der Waals surface area (Å²) in [4.78, 5) is 15.7. The Kier molecular flexibility index (Phi) is 4.85. The van der Waals surface area contributed by atoms with Crippen molar-refractivity contribution in [2.24, 2.45) is 0 Å². The van der Waals surface area contributed by atoms with Gasteiger partial charge in [-0.2, -0.15) is 0 Å². The van der Waals surface area contributed by atoms with Gasteiger partial charge in [0.25, 0.3) is 0 Å². The maximum Gasteiger partial charge on any atom is 0.223 e. The molecule has 0 aliphatic heterocycles. The lowest BCUT2D eigenvalue weighted by Gasteiger charge is -2.06. The van der Waals surface area contributed by atoms with Crippen LogP contribution in [-0.2, 0) is 14.6 Å². The maximum atomic E-state index is 12.1. The van der Waals surface area contributed by atoms with E-state index in [-0.39, 0.29) is 16.6 Å². The Labute approximate surface area is 149 Å². The molecule has 0 aliphatic rings. The molecule has 0 unspecified atom stereocenters. The van der Waals surface area contributed by atoms with Crippen molar-refractivity contribution in [1.82, 2.24) is 4.98 Å². The highest BCUT2D eigenvalue weighted by Gasteiger charge is 2.14. The van der Waals surface area contributed by atoms with Crippen LogP contribution in [0.4, 0.5) is 5.13 Å². The summed E-state index contributed by atoms with van der Waals surface area (Å²) in [5, 5.41) is 12.1. The summed E-state index contributed by atoms with van der Waals surface area (Å²) < 4.78 is 25.1. The van der Waals surface area contributed by atoms with Crippen molar-refractivity contribution >= 4 is 42.4 Å². The summed E-state index contributed by atoms with van der Waals surface area (Å²) in [5.74, 6) is -0.481. The summed E-state index contributed by atoms with van der Waals surface area (Å²) in [6.45, 7) is 1.02. The Balaban J connectivity index is 2.00. The maximum absolute atomic E-state index is 12.1. The number of nitrogens with zero attached hydrogens (tertiary/aromatic N) is 1. The van der Waals surface area contributed by atoms with Crippen molar-refractivity contribution in [1.29, 1.82) is 0 Å². The summed E-state index contributed by atoms with van der Waals surface area (Å²) in [7, 11) is -3.50. The fraction of sp³-hybridized carbons (Fsp3) is 0.176. The van der Waals surface area contributed by atoms with E-state index in [1.807, 2.05) is 24.3 Å². The number of aliphatic hydroxyl groups is 1. The van der Waals surface area contributed by atoms with Crippen LogP contribution in [-0.4, -0.2) is 36.8 Å². The Morgan fingerprint density at radius 3 is 2.68 bits per heavy atom. The number of benzene rings is 2. The Morgan fingerprint density at radius 2 is 1.96 bits per heavy atom. The van der Waals surface area contributed by atoms with Crippen LogP contribution in [0.1, 0.15) is 6.92 Å². The number of fused-ring (bicyclic) bond motifs is 1. The molecule has 0 atom stereocenters. The zero-order valence-electron chi connectivity index (χ0n) is 13.4. The summed E-state index contributed by atoms with van der Waals surface area (Å²) in [5.41, 5.74) is 2.38. The van der Waals surface area contributed by atoms with Crippen LogP contribution in [0.15, 0.2) is 47.4 Å². The molecule has 1 heterocycles. The van der Waals surface area contributed by atoms with E-state index in [2.05, 4.69) is 10.3 Å². The average Bonchev–Trinajstić information content (AvgIpc) is 2.95. The largest absolute Gasteiger partial charge is 0.395 e. The van der Waals surface area contributed by atoms with Gasteiger partial charge in [-0.15, -0.1) is 0 Å². The van der Waals surface area contributed by atoms with Crippen LogP contribution in [0.3, 0.4) is 0 Å². The molecule has 25 heavy (non-hydrogen) atoms. The third-order valence-electron chi connectivity index (χ3n) is 3.56. The lowest BCUT2D eigenvalue weighted by molar-refractivity contribution is -0.114. The van der Waals surface area contributed by atoms with Gasteiger partial charge in [-0.25, -0.2) is 13.4 Å². The zero-order chi connectivity index (χ0) is 18.0. The monoisotopic (exact) mass is 376 g/mol. The highest BCUT2D eigenvalue weighted by Crippen LogP contribution is 2.31. The number of hydrogen-bond donors (Lipinski definition) is 2. The van der Waals surface area contributed by atoms with Crippen LogP contribution in [0.2, 0.25) is 0 Å². The predicted octanol–water partition coefficient (Wildman–Crippen LogP) is 2.69. The molecule has 8 heteroatoms. The number of rotatable bonds is 5. The molecule has 0 saturated carbocycles. The number of sulfone groups is 1. The first-order valence-electron chi connectivity index (χ1n) is 7.51. The van der Waals surface area contributed by atoms with E-state index in [9.17, 15) is 13.2 Å². The SMILES string of the molecule is CC(=O)Nc1nc2ccc(-c3cccc(S(=O)(=O)CCO)c3)cc2s1. The molecule has 0 radical (unpaired) electrons. The highest BCUT2D eigenvalue weighted by molar-refractivity contribution is 7.91. The summed E-state index contributed by atoms with van der Waals surface area (Å²) in [6, 6.07) is 12.2. The second-order valence-electron chi connectivity index (χ2n) is 5.45. The Morgan fingerprint density at radius 1 is 1.20 bits per heavy atom. The van der Waals surface area contributed by atoms with E-state index in [4.69, 9.17) is 5.11 Å². The third-order valence-corrected chi connectivity index (χ3v) is 6.18. The highest BCUT2D eigenvalue weighted by atomic mass is 32.2. The van der Waals surface area contributed by atoms with Crippen molar-refractivity contribution in [3.05, 3.63) is 42.5 Å². The van der Waals surface area contributed by atoms with Crippen molar-refractivity contribution in [3.63, 3.8) is 0 Å². The Hall–Kier alpha value is -2.29. The lowest BCUT2D eigenvalue weighted by Crippen LogP contribution is -2.09. The minimum Gasteiger partial charge on any atom is -0.395 e. The van der Waals surface area contributed by atoms with Crippen LogP contribution in [0, 0.1) is 0 Å². The molecule has 0 aliphatic carbocycles. The van der Waals surface area contributed by atoms with Crippen LogP contribution in [0.25, 0.3) is 21.3 Å². The van der Waals surface area contributed by atoms with Gasteiger partial charge in [0.1, 0.15) is 0 Å². The number of carbonyl (C=O) groups excluding carboxylic acids is 1. The smallest absolute Gasteiger partial charge is 0.223 e. The lowest BCUT2D eigenvalue weighted by atomic mass is 10.1. The molecule has 2 N–H and O–H groups in total. The number of thiazole rings is 1. The third kappa shape index (κ3) is 3.87. The second kappa shape index (κ2) is 6.91. The van der Waals surface area contributed by atoms with Gasteiger partial charge < -0.3 is 10.4 Å². The molecule has 1 aromatic heterocycles. The van der Waals surface area contributed by atoms with Gasteiger partial charge in [-0.05, 0) is 35.4 Å². The van der Waals surface area contributed by atoms with Crippen molar-refractivity contribution < 1.29 is 18.3 Å². The minimum absolute atomic E-state index is 0.180. The number of hydrogen-bond acceptors (Lipinski definition) is 6. The fourth-order valence-corrected chi connectivity index (χ4v) is 4.44. The normalized spacial score (nSPS) is 11.6. The molecular weight excluding hydrogens is 360 g/mol. The molecule has 130 valence electrons. The van der Waals surface area contributed by atoms with E-state index in [1.165, 1.54) is 24.3 Å². The first-order valence-corrected chi connectivity index (χ1v) is 9.98. The van der Waals surface area contributed by atoms with Gasteiger partial charge in [0.05, 0.1) is 27.5 Å². The zero-order valence-corrected chi connectivity index (χ0v) is 15.0. The molecule has 0 fully saturated rings. The van der Waals surface area contributed by atoms with Gasteiger partial charge in [0, 0.05) is 6.92 Å². The minimum atomic E-state index is -3.50. The van der Waals surface area contributed by atoms with Crippen molar-refractivity contribution in [2.75, 3.05) is 17.7 Å². The summed E-state index contributed by atoms with van der Waals surface area (Å²) in [6.07, 6.45) is 0. The standard InChI is InChI=1S/C17H16N2O4S2/c1-11(21)18-17-19-15-6-5-13(10-16(15)24-17)12-3-2-4-14(9-12)25(22,23)8-7-20/h2-6,9-10,20H,7-8H2,1H3,(H,18,19,21). The van der Waals surface area contributed by atoms with Crippen LogP contribution in [0.5, 0.6) is 0 Å². The molecule has 6 nitrogen and oxygen atoms in total. The number of aromatic nitrogens is 1. The number of nitrogens with one attached hydrogen (secondary N) is 1. The van der Waals surface area contributed by atoms with Gasteiger partial charge in [-0.1, -0.05) is 29.5 Å². The van der Waals surface area contributed by atoms with Crippen LogP contribution < -0.4 is 5.32 Å². The molecular formula is C17H16N2O4S2. The van der Waals surface area contributed by atoms with E-state index in [0.717, 1.165) is 21.3 Å². The number of aliphatic hydroxyl groups excluding tert-OH is 1. The first kappa shape index (κ1) is 17.5. The van der Waals surface area contributed by atoms with E-state index >= 15 is 0 Å². The van der Waals surface area contributed by atoms with Crippen molar-refractivity contribution in [2.45, 2.75) is 11.8 Å². The van der Waals surface area contributed by atoms with E-state index < -0.39 is 16.4 Å². The number of carbonyl (C=O) groups is 1. The molecule has 3 aromatic rings. The average molecular weight is 376 g/mol. The molecule has 3 rings (SSSR count). The number of amides is 1.